The third kappa shape index (κ3) is 2.35. The molecule has 0 unspecified atom stereocenters. The van der Waals surface area contributed by atoms with Crippen molar-refractivity contribution in [3.63, 3.8) is 0 Å². The predicted molar refractivity (Wildman–Crippen MR) is 63.2 cm³/mol. The standard InChI is InChI=1S/C10H13NO2S2/c1-15(12,13)11-7-8-14-10(11)9-5-3-2-4-6-9/h2-6,10H,7-8H2,1H3/t10-/m1/s1. The molecule has 0 bridgehead atoms. The van der Waals surface area contributed by atoms with Crippen molar-refractivity contribution in [1.82, 2.24) is 4.31 Å². The summed E-state index contributed by atoms with van der Waals surface area (Å²) in [4.78, 5) is 0. The van der Waals surface area contributed by atoms with Gasteiger partial charge in [0.2, 0.25) is 10.0 Å². The Balaban J connectivity index is 2.30. The molecule has 0 radical (unpaired) electrons. The van der Waals surface area contributed by atoms with Crippen LogP contribution in [-0.2, 0) is 10.0 Å². The molecule has 15 heavy (non-hydrogen) atoms. The Morgan fingerprint density at radius 1 is 1.33 bits per heavy atom. The Bertz CT molecular complexity index is 430. The first-order valence-corrected chi connectivity index (χ1v) is 7.62. The molecular weight excluding hydrogens is 230 g/mol. The van der Waals surface area contributed by atoms with Gasteiger partial charge < -0.3 is 0 Å². The Hall–Kier alpha value is -0.520. The van der Waals surface area contributed by atoms with Crippen molar-refractivity contribution in [3.05, 3.63) is 35.9 Å². The summed E-state index contributed by atoms with van der Waals surface area (Å²) in [5.41, 5.74) is 1.06. The van der Waals surface area contributed by atoms with Crippen LogP contribution in [0.15, 0.2) is 30.3 Å². The van der Waals surface area contributed by atoms with Gasteiger partial charge in [0.05, 0.1) is 11.6 Å². The van der Waals surface area contributed by atoms with E-state index in [2.05, 4.69) is 0 Å². The minimum atomic E-state index is -3.09. The Morgan fingerprint density at radius 3 is 2.60 bits per heavy atom. The van der Waals surface area contributed by atoms with Crippen LogP contribution in [0.1, 0.15) is 10.9 Å². The van der Waals surface area contributed by atoms with Crippen molar-refractivity contribution in [2.75, 3.05) is 18.6 Å². The summed E-state index contributed by atoms with van der Waals surface area (Å²) >= 11 is 1.68. The highest BCUT2D eigenvalue weighted by Gasteiger charge is 2.32. The lowest BCUT2D eigenvalue weighted by atomic mass is 10.2. The van der Waals surface area contributed by atoms with E-state index in [1.807, 2.05) is 30.3 Å². The molecule has 0 amide bonds. The van der Waals surface area contributed by atoms with Crippen LogP contribution in [0.25, 0.3) is 0 Å². The fourth-order valence-electron chi connectivity index (χ4n) is 1.67. The maximum Gasteiger partial charge on any atom is 0.212 e. The maximum atomic E-state index is 11.5. The minimum absolute atomic E-state index is 0.0406. The van der Waals surface area contributed by atoms with Crippen LogP contribution >= 0.6 is 11.8 Å². The van der Waals surface area contributed by atoms with Crippen LogP contribution in [0, 0.1) is 0 Å². The number of nitrogens with zero attached hydrogens (tertiary/aromatic N) is 1. The molecule has 1 aliphatic heterocycles. The second-order valence-corrected chi connectivity index (χ2v) is 6.63. The Morgan fingerprint density at radius 2 is 2.00 bits per heavy atom. The molecule has 3 nitrogen and oxygen atoms in total. The number of benzene rings is 1. The number of hydrogen-bond donors (Lipinski definition) is 0. The highest BCUT2D eigenvalue weighted by molar-refractivity contribution is 8.00. The highest BCUT2D eigenvalue weighted by atomic mass is 32.2. The monoisotopic (exact) mass is 243 g/mol. The largest absolute Gasteiger partial charge is 0.212 e. The van der Waals surface area contributed by atoms with E-state index >= 15 is 0 Å². The molecule has 1 atom stereocenters. The van der Waals surface area contributed by atoms with Crippen molar-refractivity contribution < 1.29 is 8.42 Å². The maximum absolute atomic E-state index is 11.5. The van der Waals surface area contributed by atoms with E-state index in [0.29, 0.717) is 6.54 Å². The third-order valence-corrected chi connectivity index (χ3v) is 5.00. The minimum Gasteiger partial charge on any atom is -0.212 e. The molecule has 0 saturated carbocycles. The summed E-state index contributed by atoms with van der Waals surface area (Å²) in [5, 5.41) is -0.0406. The summed E-state index contributed by atoms with van der Waals surface area (Å²) in [7, 11) is -3.09. The van der Waals surface area contributed by atoms with Crippen molar-refractivity contribution in [2.24, 2.45) is 0 Å². The van der Waals surface area contributed by atoms with Gasteiger partial charge >= 0.3 is 0 Å². The summed E-state index contributed by atoms with van der Waals surface area (Å²) < 4.78 is 24.6. The van der Waals surface area contributed by atoms with Gasteiger partial charge in [0.25, 0.3) is 0 Å². The molecule has 0 N–H and O–H groups in total. The van der Waals surface area contributed by atoms with E-state index in [0.717, 1.165) is 11.3 Å². The average Bonchev–Trinajstić information content (AvgIpc) is 2.67. The second-order valence-electron chi connectivity index (χ2n) is 3.51. The molecule has 5 heteroatoms. The van der Waals surface area contributed by atoms with Gasteiger partial charge in [-0.1, -0.05) is 30.3 Å². The molecule has 1 fully saturated rings. The van der Waals surface area contributed by atoms with Crippen LogP contribution in [0.3, 0.4) is 0 Å². The zero-order chi connectivity index (χ0) is 10.9. The predicted octanol–water partition coefficient (Wildman–Crippen LogP) is 1.69. The number of sulfonamides is 1. The van der Waals surface area contributed by atoms with E-state index in [9.17, 15) is 8.42 Å². The average molecular weight is 243 g/mol. The van der Waals surface area contributed by atoms with Crippen molar-refractivity contribution in [3.8, 4) is 0 Å². The molecule has 1 heterocycles. The Labute approximate surface area is 94.5 Å². The fourth-order valence-corrected chi connectivity index (χ4v) is 4.48. The second kappa shape index (κ2) is 4.15. The highest BCUT2D eigenvalue weighted by Crippen LogP contribution is 2.38. The molecule has 1 aliphatic rings. The van der Waals surface area contributed by atoms with E-state index in [4.69, 9.17) is 0 Å². The summed E-state index contributed by atoms with van der Waals surface area (Å²) in [6, 6.07) is 9.76. The van der Waals surface area contributed by atoms with Crippen molar-refractivity contribution in [2.45, 2.75) is 5.37 Å². The summed E-state index contributed by atoms with van der Waals surface area (Å²) in [6.45, 7) is 0.614. The lowest BCUT2D eigenvalue weighted by Gasteiger charge is -2.21. The van der Waals surface area contributed by atoms with Crippen molar-refractivity contribution >= 4 is 21.8 Å². The molecule has 82 valence electrons. The Kier molecular flexibility index (Phi) is 3.04. The first-order chi connectivity index (χ1) is 7.09. The van der Waals surface area contributed by atoms with Gasteiger partial charge in [0, 0.05) is 12.3 Å². The van der Waals surface area contributed by atoms with Crippen LogP contribution in [-0.4, -0.2) is 31.3 Å². The van der Waals surface area contributed by atoms with Gasteiger partial charge in [-0.25, -0.2) is 8.42 Å². The molecule has 1 aromatic carbocycles. The van der Waals surface area contributed by atoms with Crippen LogP contribution in [0.2, 0.25) is 0 Å². The van der Waals surface area contributed by atoms with Gasteiger partial charge in [-0.05, 0) is 5.56 Å². The SMILES string of the molecule is CS(=O)(=O)N1CCS[C@@H]1c1ccccc1. The molecule has 1 aromatic rings. The molecule has 0 aromatic heterocycles. The summed E-state index contributed by atoms with van der Waals surface area (Å²) in [5.74, 6) is 0.868. The van der Waals surface area contributed by atoms with Gasteiger partial charge in [-0.2, -0.15) is 4.31 Å². The lowest BCUT2D eigenvalue weighted by Crippen LogP contribution is -2.29. The zero-order valence-electron chi connectivity index (χ0n) is 8.46. The fraction of sp³-hybridized carbons (Fsp3) is 0.400. The number of hydrogen-bond acceptors (Lipinski definition) is 3. The van der Waals surface area contributed by atoms with Gasteiger partial charge in [-0.3, -0.25) is 0 Å². The molecule has 2 rings (SSSR count). The molecule has 1 saturated heterocycles. The first-order valence-electron chi connectivity index (χ1n) is 4.72. The van der Waals surface area contributed by atoms with Crippen LogP contribution < -0.4 is 0 Å². The number of rotatable bonds is 2. The van der Waals surface area contributed by atoms with E-state index in [-0.39, 0.29) is 5.37 Å². The van der Waals surface area contributed by atoms with Crippen molar-refractivity contribution in [1.29, 1.82) is 0 Å². The zero-order valence-corrected chi connectivity index (χ0v) is 10.1. The van der Waals surface area contributed by atoms with E-state index < -0.39 is 10.0 Å². The first kappa shape index (κ1) is 11.0. The van der Waals surface area contributed by atoms with E-state index in [1.165, 1.54) is 6.26 Å². The van der Waals surface area contributed by atoms with Gasteiger partial charge in [0.15, 0.2) is 0 Å². The molecule has 0 aliphatic carbocycles. The quantitative estimate of drug-likeness (QED) is 0.793. The van der Waals surface area contributed by atoms with E-state index in [1.54, 1.807) is 16.1 Å². The van der Waals surface area contributed by atoms with Gasteiger partial charge in [0.1, 0.15) is 0 Å². The normalized spacial score (nSPS) is 23.1. The topological polar surface area (TPSA) is 37.4 Å². The number of thioether (sulfide) groups is 1. The molecule has 0 spiro atoms. The third-order valence-electron chi connectivity index (χ3n) is 2.36. The smallest absolute Gasteiger partial charge is 0.212 e. The lowest BCUT2D eigenvalue weighted by molar-refractivity contribution is 0.439. The van der Waals surface area contributed by atoms with Crippen LogP contribution in [0.5, 0.6) is 0 Å². The summed E-state index contributed by atoms with van der Waals surface area (Å²) in [6.07, 6.45) is 1.27. The molecular formula is C10H13NO2S2. The van der Waals surface area contributed by atoms with Crippen LogP contribution in [0.4, 0.5) is 0 Å². The van der Waals surface area contributed by atoms with Gasteiger partial charge in [-0.15, -0.1) is 11.8 Å².